The molecule has 4 rings (SSSR count). The fourth-order valence-electron chi connectivity index (χ4n) is 8.49. The smallest absolute Gasteiger partial charge is 0.349 e. The number of nitrogens with zero attached hydrogens (tertiary/aromatic N) is 6. The summed E-state index contributed by atoms with van der Waals surface area (Å²) >= 11 is 0. The first-order chi connectivity index (χ1) is 36.6. The minimum Gasteiger partial charge on any atom is -0.462 e. The summed E-state index contributed by atoms with van der Waals surface area (Å²) in [5.74, 6) is -3.00. The van der Waals surface area contributed by atoms with E-state index in [9.17, 15) is 39.8 Å². The van der Waals surface area contributed by atoms with Gasteiger partial charge in [0, 0.05) is 67.8 Å². The molecule has 408 valence electrons. The number of rotatable bonds is 26. The number of hydrogen-bond donors (Lipinski definition) is 0. The fraction of sp³-hybridized carbons (Fsp3) is 0.433. The summed E-state index contributed by atoms with van der Waals surface area (Å²) in [7, 11) is 6.21. The van der Waals surface area contributed by atoms with Crippen molar-refractivity contribution in [2.24, 2.45) is 11.3 Å². The van der Waals surface area contributed by atoms with Crippen molar-refractivity contribution >= 4 is 53.2 Å². The van der Waals surface area contributed by atoms with E-state index in [1.807, 2.05) is 85.8 Å². The van der Waals surface area contributed by atoms with Crippen LogP contribution in [0.15, 0.2) is 119 Å². The Labute approximate surface area is 453 Å². The van der Waals surface area contributed by atoms with E-state index in [1.165, 1.54) is 19.1 Å². The van der Waals surface area contributed by atoms with Gasteiger partial charge in [-0.2, -0.15) is 15.8 Å². The van der Waals surface area contributed by atoms with E-state index in [-0.39, 0.29) is 92.6 Å². The average Bonchev–Trinajstić information content (AvgIpc) is 3.41. The quantitative estimate of drug-likeness (QED) is 0.0215. The molecule has 17 heteroatoms. The SMILES string of the molecule is C=C(C)COCCOC(=O)/C(C#N)=C/c1ccc(N(C)C2CC(N(C)C3=CC=C(/C=C(\C#N)C(=O)OCCOC(=O)C(C)(C)C)CC3C)CC(N(C)c3ccc(/C=C(\C#N)C(=O)COCCOC(=O)C(=C)C)cc3)C2)cc1. The van der Waals surface area contributed by atoms with Gasteiger partial charge in [0.2, 0.25) is 0 Å². The zero-order valence-corrected chi connectivity index (χ0v) is 45.9. The van der Waals surface area contributed by atoms with Gasteiger partial charge in [0.1, 0.15) is 62.4 Å². The summed E-state index contributed by atoms with van der Waals surface area (Å²) in [5.41, 5.74) is 5.09. The maximum Gasteiger partial charge on any atom is 0.349 e. The van der Waals surface area contributed by atoms with Crippen LogP contribution in [-0.2, 0) is 52.4 Å². The van der Waals surface area contributed by atoms with Crippen molar-refractivity contribution in [3.05, 3.63) is 130 Å². The Morgan fingerprint density at radius 3 is 1.48 bits per heavy atom. The zero-order chi connectivity index (χ0) is 56.8. The van der Waals surface area contributed by atoms with Crippen LogP contribution in [0.25, 0.3) is 12.2 Å². The van der Waals surface area contributed by atoms with Crippen LogP contribution in [0.3, 0.4) is 0 Å². The second-order valence-electron chi connectivity index (χ2n) is 20.2. The number of carbonyl (C=O) groups is 5. The highest BCUT2D eigenvalue weighted by Crippen LogP contribution is 2.37. The lowest BCUT2D eigenvalue weighted by Gasteiger charge is -2.48. The number of anilines is 2. The van der Waals surface area contributed by atoms with Crippen molar-refractivity contribution in [1.29, 1.82) is 15.8 Å². The summed E-state index contributed by atoms with van der Waals surface area (Å²) in [5, 5.41) is 29.5. The molecule has 17 nitrogen and oxygen atoms in total. The van der Waals surface area contributed by atoms with Crippen LogP contribution in [0.1, 0.15) is 78.4 Å². The standard InChI is InChI=1S/C60H72N6O11/c1-40(2)38-72-22-25-75-57(69)47(36-62)30-44-14-19-50(20-15-44)65(10)52-32-51(64(9)49-17-12-43(13-18-49)29-46(35-61)55(67)39-73-23-24-74-56(68)41(3)4)33-53(34-52)66(11)54-21-16-45(28-42(54)5)31-48(37-63)58(70)76-26-27-77-59(71)60(6,7)8/h12-21,29-31,42,51-53H,1,3,22-28,32-34,38-39H2,2,4-11H3/b46-29+,47-30+,48-31+. The molecule has 0 saturated heterocycles. The Morgan fingerprint density at radius 2 is 1.03 bits per heavy atom. The van der Waals surface area contributed by atoms with Gasteiger partial charge in [-0.3, -0.25) is 9.59 Å². The Balaban J connectivity index is 1.56. The van der Waals surface area contributed by atoms with Crippen molar-refractivity contribution in [2.75, 3.05) is 83.8 Å². The van der Waals surface area contributed by atoms with Crippen LogP contribution in [0.4, 0.5) is 11.4 Å². The first-order valence-corrected chi connectivity index (χ1v) is 25.4. The molecular weight excluding hydrogens is 981 g/mol. The molecule has 77 heavy (non-hydrogen) atoms. The van der Waals surface area contributed by atoms with Gasteiger partial charge in [0.05, 0.1) is 30.8 Å². The summed E-state index contributed by atoms with van der Waals surface area (Å²) in [4.78, 5) is 69.0. The van der Waals surface area contributed by atoms with E-state index in [0.29, 0.717) is 24.2 Å². The number of Topliss-reactive ketones (excluding diaryl/α,β-unsaturated/α-hetero) is 1. The van der Waals surface area contributed by atoms with Crippen molar-refractivity contribution in [3.63, 3.8) is 0 Å². The number of ether oxygens (including phenoxy) is 6. The summed E-state index contributed by atoms with van der Waals surface area (Å²) in [6.07, 6.45) is 11.5. The number of benzene rings is 2. The molecule has 4 unspecified atom stereocenters. The minimum atomic E-state index is -0.797. The van der Waals surface area contributed by atoms with E-state index in [2.05, 4.69) is 55.9 Å². The molecule has 2 aromatic rings. The summed E-state index contributed by atoms with van der Waals surface area (Å²) in [6.45, 7) is 17.8. The highest BCUT2D eigenvalue weighted by Gasteiger charge is 2.37. The molecule has 2 aliphatic rings. The zero-order valence-electron chi connectivity index (χ0n) is 45.9. The van der Waals surface area contributed by atoms with Crippen LogP contribution in [0.2, 0.25) is 0 Å². The molecule has 1 fully saturated rings. The maximum atomic E-state index is 12.9. The maximum absolute atomic E-state index is 12.9. The van der Waals surface area contributed by atoms with Crippen LogP contribution in [-0.4, -0.2) is 127 Å². The van der Waals surface area contributed by atoms with E-state index in [4.69, 9.17) is 28.4 Å². The number of carbonyl (C=O) groups excluding carboxylic acids is 5. The van der Waals surface area contributed by atoms with E-state index in [1.54, 1.807) is 26.8 Å². The van der Waals surface area contributed by atoms with Gasteiger partial charge >= 0.3 is 23.9 Å². The van der Waals surface area contributed by atoms with Gasteiger partial charge in [-0.05, 0) is 126 Å². The normalized spacial score (nSPS) is 17.7. The monoisotopic (exact) mass is 1050 g/mol. The number of esters is 4. The predicted molar refractivity (Wildman–Crippen MR) is 293 cm³/mol. The van der Waals surface area contributed by atoms with Crippen molar-refractivity contribution in [3.8, 4) is 18.2 Å². The lowest BCUT2D eigenvalue weighted by molar-refractivity contribution is -0.157. The molecule has 0 heterocycles. The molecule has 0 bridgehead atoms. The topological polar surface area (TPSA) is 222 Å². The Kier molecular flexibility index (Phi) is 23.9. The lowest BCUT2D eigenvalue weighted by Crippen LogP contribution is -2.52. The number of nitriles is 3. The molecule has 0 radical (unpaired) electrons. The lowest BCUT2D eigenvalue weighted by atomic mass is 9.82. The molecule has 0 aliphatic heterocycles. The van der Waals surface area contributed by atoms with Crippen molar-refractivity contribution in [1.82, 2.24) is 4.90 Å². The van der Waals surface area contributed by atoms with Gasteiger partial charge < -0.3 is 43.1 Å². The molecule has 0 amide bonds. The molecule has 0 spiro atoms. The first-order valence-electron chi connectivity index (χ1n) is 25.4. The van der Waals surface area contributed by atoms with Gasteiger partial charge in [0.25, 0.3) is 0 Å². The summed E-state index contributed by atoms with van der Waals surface area (Å²) < 4.78 is 31.4. The predicted octanol–water partition coefficient (Wildman–Crippen LogP) is 8.57. The third kappa shape index (κ3) is 19.2. The van der Waals surface area contributed by atoms with Gasteiger partial charge in [-0.15, -0.1) is 0 Å². The molecule has 2 aromatic carbocycles. The third-order valence-electron chi connectivity index (χ3n) is 12.9. The van der Waals surface area contributed by atoms with Gasteiger partial charge in [-0.25, -0.2) is 14.4 Å². The number of allylic oxidation sites excluding steroid dienone is 5. The second kappa shape index (κ2) is 29.9. The van der Waals surface area contributed by atoms with Gasteiger partial charge in [-0.1, -0.05) is 56.0 Å². The van der Waals surface area contributed by atoms with Crippen LogP contribution in [0, 0.1) is 45.3 Å². The summed E-state index contributed by atoms with van der Waals surface area (Å²) in [6, 6.07) is 21.3. The second-order valence-corrected chi connectivity index (χ2v) is 20.2. The number of hydrogen-bond acceptors (Lipinski definition) is 17. The minimum absolute atomic E-state index is 0.00170. The molecule has 2 aliphatic carbocycles. The van der Waals surface area contributed by atoms with E-state index in [0.717, 1.165) is 47.5 Å². The van der Waals surface area contributed by atoms with Gasteiger partial charge in [0.15, 0.2) is 5.78 Å². The highest BCUT2D eigenvalue weighted by atomic mass is 16.6. The van der Waals surface area contributed by atoms with E-state index < -0.39 is 35.1 Å². The van der Waals surface area contributed by atoms with Crippen LogP contribution < -0.4 is 9.80 Å². The number of ketones is 1. The van der Waals surface area contributed by atoms with Crippen molar-refractivity contribution in [2.45, 2.75) is 85.4 Å². The Hall–Kier alpha value is -8.04. The largest absolute Gasteiger partial charge is 0.462 e. The molecule has 0 aromatic heterocycles. The fourth-order valence-corrected chi connectivity index (χ4v) is 8.49. The molecule has 0 N–H and O–H groups in total. The Morgan fingerprint density at radius 1 is 0.597 bits per heavy atom. The molecule has 4 atom stereocenters. The molecule has 1 saturated carbocycles. The molecular formula is C60H72N6O11. The highest BCUT2D eigenvalue weighted by molar-refractivity contribution is 6.04. The average molecular weight is 1050 g/mol. The van der Waals surface area contributed by atoms with E-state index >= 15 is 0 Å². The van der Waals surface area contributed by atoms with Crippen LogP contribution in [0.5, 0.6) is 0 Å². The van der Waals surface area contributed by atoms with Crippen LogP contribution >= 0.6 is 0 Å². The third-order valence-corrected chi connectivity index (χ3v) is 12.9. The Bertz CT molecular complexity index is 2760. The first kappa shape index (κ1) is 61.5. The van der Waals surface area contributed by atoms with Crippen molar-refractivity contribution < 1.29 is 52.4 Å².